The first-order valence-corrected chi connectivity index (χ1v) is 16.0. The fourth-order valence-electron chi connectivity index (χ4n) is 6.23. The van der Waals surface area contributed by atoms with Gasteiger partial charge in [-0.15, -0.1) is 0 Å². The highest BCUT2D eigenvalue weighted by Gasteiger charge is 2.34. The summed E-state index contributed by atoms with van der Waals surface area (Å²) in [7, 11) is -3.96. The van der Waals surface area contributed by atoms with Crippen molar-refractivity contribution in [2.24, 2.45) is 5.92 Å². The van der Waals surface area contributed by atoms with Gasteiger partial charge in [-0.3, -0.25) is 4.90 Å². The Labute approximate surface area is 235 Å². The van der Waals surface area contributed by atoms with Crippen LogP contribution < -0.4 is 4.90 Å². The second-order valence-electron chi connectivity index (χ2n) is 11.2. The van der Waals surface area contributed by atoms with Crippen LogP contribution in [0.4, 0.5) is 23.7 Å². The molecule has 0 saturated heterocycles. The van der Waals surface area contributed by atoms with Crippen LogP contribution in [0.2, 0.25) is 0 Å². The molecule has 2 aromatic rings. The molecule has 0 bridgehead atoms. The summed E-state index contributed by atoms with van der Waals surface area (Å²) in [6, 6.07) is 5.82. The number of halogens is 3. The molecule has 0 aliphatic heterocycles. The third kappa shape index (κ3) is 6.75. The van der Waals surface area contributed by atoms with Crippen LogP contribution in [0.1, 0.15) is 86.2 Å². The molecule has 0 aromatic heterocycles. The van der Waals surface area contributed by atoms with Crippen LogP contribution in [0.3, 0.4) is 0 Å². The number of alkyl halides is 3. The van der Waals surface area contributed by atoms with Crippen molar-refractivity contribution < 1.29 is 31.5 Å². The van der Waals surface area contributed by atoms with Crippen molar-refractivity contribution in [3.8, 4) is 0 Å². The lowest BCUT2D eigenvalue weighted by atomic mass is 9.86. The number of rotatable bonds is 9. The van der Waals surface area contributed by atoms with Crippen LogP contribution in [0.5, 0.6) is 0 Å². The molecule has 1 unspecified atom stereocenters. The summed E-state index contributed by atoms with van der Waals surface area (Å²) in [6.07, 6.45) is 3.36. The molecular weight excluding hydrogens is 541 g/mol. The van der Waals surface area contributed by atoms with E-state index in [1.807, 2.05) is 0 Å². The second-order valence-corrected chi connectivity index (χ2v) is 13.3. The first-order chi connectivity index (χ1) is 18.8. The van der Waals surface area contributed by atoms with E-state index in [4.69, 9.17) is 0 Å². The number of fused-ring (bicyclic) bond motifs is 1. The fraction of sp³-hybridized carbons (Fsp3) is 0.567. The largest absolute Gasteiger partial charge is 0.465 e. The predicted octanol–water partition coefficient (Wildman–Crippen LogP) is 7.25. The monoisotopic (exact) mass is 580 g/mol. The number of nitrogens with zero attached hydrogens (tertiary/aromatic N) is 2. The second kappa shape index (κ2) is 12.0. The van der Waals surface area contributed by atoms with Gasteiger partial charge in [0.1, 0.15) is 0 Å². The zero-order valence-corrected chi connectivity index (χ0v) is 24.2. The predicted molar refractivity (Wildman–Crippen MR) is 149 cm³/mol. The molecule has 2 aromatic carbocycles. The average molecular weight is 581 g/mol. The summed E-state index contributed by atoms with van der Waals surface area (Å²) < 4.78 is 65.6. The Kier molecular flexibility index (Phi) is 9.07. The van der Waals surface area contributed by atoms with E-state index in [1.165, 1.54) is 38.2 Å². The minimum atomic E-state index is -4.78. The fourth-order valence-corrected chi connectivity index (χ4v) is 6.92. The number of carbonyl (C=O) groups is 1. The molecular formula is C30H39F3N2O4S. The molecule has 1 atom stereocenters. The number of amides is 1. The van der Waals surface area contributed by atoms with Crippen molar-refractivity contribution >= 4 is 21.6 Å². The zero-order valence-electron chi connectivity index (χ0n) is 23.4. The van der Waals surface area contributed by atoms with Crippen molar-refractivity contribution in [3.05, 3.63) is 58.1 Å². The SMILES string of the molecule is CCN(CC1CCCC1)c1ccc2c(c1CN(C(=O)O)C(C)c1cc(C(F)(F)F)cc(S(C)(=O)=O)c1)CCCC2. The lowest BCUT2D eigenvalue weighted by Crippen LogP contribution is -2.35. The summed E-state index contributed by atoms with van der Waals surface area (Å²) in [5.74, 6) is 0.581. The molecule has 2 aliphatic carbocycles. The molecule has 40 heavy (non-hydrogen) atoms. The van der Waals surface area contributed by atoms with E-state index in [0.29, 0.717) is 12.0 Å². The molecule has 0 heterocycles. The topological polar surface area (TPSA) is 77.9 Å². The van der Waals surface area contributed by atoms with Gasteiger partial charge >= 0.3 is 12.3 Å². The molecule has 4 rings (SSSR count). The Balaban J connectivity index is 1.78. The Bertz CT molecular complexity index is 1340. The highest BCUT2D eigenvalue weighted by Crippen LogP contribution is 2.38. The Morgan fingerprint density at radius 3 is 2.35 bits per heavy atom. The molecule has 1 saturated carbocycles. The van der Waals surface area contributed by atoms with E-state index in [-0.39, 0.29) is 12.1 Å². The van der Waals surface area contributed by atoms with Gasteiger partial charge < -0.3 is 10.0 Å². The van der Waals surface area contributed by atoms with Crippen molar-refractivity contribution in [2.45, 2.75) is 88.9 Å². The normalized spacial score (nSPS) is 16.9. The first kappa shape index (κ1) is 30.2. The Hall–Kier alpha value is -2.75. The van der Waals surface area contributed by atoms with E-state index in [2.05, 4.69) is 24.0 Å². The molecule has 2 aliphatic rings. The van der Waals surface area contributed by atoms with Crippen LogP contribution in [-0.2, 0) is 35.4 Å². The van der Waals surface area contributed by atoms with Crippen molar-refractivity contribution in [1.29, 1.82) is 0 Å². The lowest BCUT2D eigenvalue weighted by molar-refractivity contribution is -0.137. The first-order valence-electron chi connectivity index (χ1n) is 14.1. The van der Waals surface area contributed by atoms with E-state index in [9.17, 15) is 31.5 Å². The highest BCUT2D eigenvalue weighted by molar-refractivity contribution is 7.90. The van der Waals surface area contributed by atoms with Crippen LogP contribution in [0, 0.1) is 5.92 Å². The van der Waals surface area contributed by atoms with Crippen molar-refractivity contribution in [2.75, 3.05) is 24.2 Å². The van der Waals surface area contributed by atoms with Gasteiger partial charge in [-0.2, -0.15) is 13.2 Å². The number of carboxylic acid groups (broad SMARTS) is 1. The number of anilines is 1. The minimum absolute atomic E-state index is 0.000622. The highest BCUT2D eigenvalue weighted by atomic mass is 32.2. The number of hydrogen-bond acceptors (Lipinski definition) is 4. The molecule has 0 spiro atoms. The lowest BCUT2D eigenvalue weighted by Gasteiger charge is -2.34. The van der Waals surface area contributed by atoms with E-state index >= 15 is 0 Å². The third-order valence-electron chi connectivity index (χ3n) is 8.51. The third-order valence-corrected chi connectivity index (χ3v) is 9.60. The van der Waals surface area contributed by atoms with Crippen LogP contribution in [0.25, 0.3) is 0 Å². The maximum absolute atomic E-state index is 13.7. The summed E-state index contributed by atoms with van der Waals surface area (Å²) >= 11 is 0. The van der Waals surface area contributed by atoms with E-state index in [1.54, 1.807) is 0 Å². The average Bonchev–Trinajstić information content (AvgIpc) is 3.42. The van der Waals surface area contributed by atoms with Gasteiger partial charge in [0.05, 0.1) is 23.0 Å². The maximum atomic E-state index is 13.7. The molecule has 0 radical (unpaired) electrons. The number of aryl methyl sites for hydroxylation is 1. The van der Waals surface area contributed by atoms with Crippen LogP contribution in [-0.4, -0.2) is 43.9 Å². The summed E-state index contributed by atoms with van der Waals surface area (Å²) in [6.45, 7) is 5.25. The summed E-state index contributed by atoms with van der Waals surface area (Å²) in [4.78, 5) is 15.6. The smallest absolute Gasteiger partial charge is 0.416 e. The molecule has 6 nitrogen and oxygen atoms in total. The Morgan fingerprint density at radius 2 is 1.75 bits per heavy atom. The van der Waals surface area contributed by atoms with Gasteiger partial charge in [-0.1, -0.05) is 18.9 Å². The molecule has 220 valence electrons. The van der Waals surface area contributed by atoms with Gasteiger partial charge in [-0.05, 0) is 105 Å². The van der Waals surface area contributed by atoms with E-state index in [0.717, 1.165) is 78.9 Å². The van der Waals surface area contributed by atoms with Gasteiger partial charge in [-0.25, -0.2) is 13.2 Å². The maximum Gasteiger partial charge on any atom is 0.416 e. The molecule has 1 fully saturated rings. The van der Waals surface area contributed by atoms with Gasteiger partial charge in [0.25, 0.3) is 0 Å². The Morgan fingerprint density at radius 1 is 1.07 bits per heavy atom. The van der Waals surface area contributed by atoms with Crippen molar-refractivity contribution in [1.82, 2.24) is 4.90 Å². The van der Waals surface area contributed by atoms with Gasteiger partial charge in [0, 0.05) is 25.0 Å². The zero-order chi connectivity index (χ0) is 29.2. The van der Waals surface area contributed by atoms with Crippen molar-refractivity contribution in [3.63, 3.8) is 0 Å². The van der Waals surface area contributed by atoms with Gasteiger partial charge in [0.2, 0.25) is 0 Å². The standard InChI is InChI=1S/C30H39F3N2O4S/c1-4-34(18-21-9-5-6-10-21)28-14-13-22-11-7-8-12-26(22)27(28)19-35(29(36)37)20(2)23-15-24(30(31,32)33)17-25(16-23)40(3,38)39/h13-17,20-21H,4-12,18-19H2,1-3H3,(H,36,37). The minimum Gasteiger partial charge on any atom is -0.465 e. The number of benzene rings is 2. The molecule has 1 amide bonds. The summed E-state index contributed by atoms with van der Waals surface area (Å²) in [5.41, 5.74) is 3.08. The summed E-state index contributed by atoms with van der Waals surface area (Å²) in [5, 5.41) is 10.3. The van der Waals surface area contributed by atoms with E-state index < -0.39 is 38.6 Å². The van der Waals surface area contributed by atoms with Crippen LogP contribution >= 0.6 is 0 Å². The van der Waals surface area contributed by atoms with Crippen LogP contribution in [0.15, 0.2) is 35.2 Å². The number of sulfone groups is 1. The van der Waals surface area contributed by atoms with Gasteiger partial charge in [0.15, 0.2) is 9.84 Å². The number of hydrogen-bond donors (Lipinski definition) is 1. The molecule has 1 N–H and O–H groups in total. The quantitative estimate of drug-likeness (QED) is 0.338. The molecule has 10 heteroatoms.